The number of imidazole rings is 1. The molecule has 1 N–H and O–H groups in total. The van der Waals surface area contributed by atoms with Gasteiger partial charge in [-0.1, -0.05) is 12.2 Å². The van der Waals surface area contributed by atoms with Gasteiger partial charge in [0, 0.05) is 6.07 Å². The van der Waals surface area contributed by atoms with E-state index in [0.717, 1.165) is 47.6 Å². The van der Waals surface area contributed by atoms with E-state index in [1.54, 1.807) is 14.2 Å². The van der Waals surface area contributed by atoms with Gasteiger partial charge < -0.3 is 14.5 Å². The van der Waals surface area contributed by atoms with Crippen LogP contribution in [-0.2, 0) is 4.74 Å². The van der Waals surface area contributed by atoms with Crippen LogP contribution in [0, 0.1) is 0 Å². The SMILES string of the molecule is COC1=CCCCC(c2nc3ccc(OC)cc3[nH]2)=C/C=C\1. The van der Waals surface area contributed by atoms with Gasteiger partial charge in [0.05, 0.1) is 25.3 Å². The fourth-order valence-corrected chi connectivity index (χ4v) is 2.56. The molecule has 0 saturated carbocycles. The molecule has 3 rings (SSSR count). The Morgan fingerprint density at radius 1 is 1.18 bits per heavy atom. The first-order valence-corrected chi connectivity index (χ1v) is 7.45. The number of rotatable bonds is 3. The van der Waals surface area contributed by atoms with E-state index in [2.05, 4.69) is 17.1 Å². The zero-order chi connectivity index (χ0) is 15.4. The van der Waals surface area contributed by atoms with E-state index in [0.29, 0.717) is 0 Å². The third kappa shape index (κ3) is 3.06. The van der Waals surface area contributed by atoms with Crippen LogP contribution < -0.4 is 4.74 Å². The number of allylic oxidation sites excluding steroid dienone is 5. The highest BCUT2D eigenvalue weighted by atomic mass is 16.5. The van der Waals surface area contributed by atoms with Gasteiger partial charge in [-0.05, 0) is 49.1 Å². The third-order valence-electron chi connectivity index (χ3n) is 3.78. The molecule has 0 aliphatic heterocycles. The Balaban J connectivity index is 1.93. The smallest absolute Gasteiger partial charge is 0.134 e. The lowest BCUT2D eigenvalue weighted by Gasteiger charge is -2.01. The Labute approximate surface area is 130 Å². The summed E-state index contributed by atoms with van der Waals surface area (Å²) in [5, 5.41) is 0. The van der Waals surface area contributed by atoms with Crippen LogP contribution in [0.1, 0.15) is 25.1 Å². The van der Waals surface area contributed by atoms with Crippen molar-refractivity contribution in [2.45, 2.75) is 19.3 Å². The molecule has 0 bridgehead atoms. The molecule has 0 unspecified atom stereocenters. The number of benzene rings is 1. The summed E-state index contributed by atoms with van der Waals surface area (Å²) in [6, 6.07) is 5.88. The molecule has 0 fully saturated rings. The summed E-state index contributed by atoms with van der Waals surface area (Å²) < 4.78 is 10.6. The van der Waals surface area contributed by atoms with Crippen LogP contribution in [0.5, 0.6) is 5.75 Å². The Kier molecular flexibility index (Phi) is 4.28. The van der Waals surface area contributed by atoms with E-state index < -0.39 is 0 Å². The lowest BCUT2D eigenvalue weighted by atomic mass is 10.1. The zero-order valence-corrected chi connectivity index (χ0v) is 12.9. The second-order valence-corrected chi connectivity index (χ2v) is 5.22. The van der Waals surface area contributed by atoms with E-state index >= 15 is 0 Å². The van der Waals surface area contributed by atoms with Crippen molar-refractivity contribution in [3.63, 3.8) is 0 Å². The van der Waals surface area contributed by atoms with Gasteiger partial charge in [0.1, 0.15) is 17.3 Å². The van der Waals surface area contributed by atoms with Gasteiger partial charge in [0.15, 0.2) is 0 Å². The van der Waals surface area contributed by atoms with Crippen LogP contribution in [0.2, 0.25) is 0 Å². The van der Waals surface area contributed by atoms with Crippen molar-refractivity contribution in [2.24, 2.45) is 0 Å². The maximum absolute atomic E-state index is 5.30. The van der Waals surface area contributed by atoms with Gasteiger partial charge in [-0.2, -0.15) is 0 Å². The molecule has 1 aromatic heterocycles. The van der Waals surface area contributed by atoms with Crippen molar-refractivity contribution in [2.75, 3.05) is 14.2 Å². The predicted molar refractivity (Wildman–Crippen MR) is 88.7 cm³/mol. The van der Waals surface area contributed by atoms with E-state index in [-0.39, 0.29) is 0 Å². The topological polar surface area (TPSA) is 47.1 Å². The summed E-state index contributed by atoms with van der Waals surface area (Å²) in [5.74, 6) is 2.67. The van der Waals surface area contributed by atoms with Crippen molar-refractivity contribution >= 4 is 16.6 Å². The maximum Gasteiger partial charge on any atom is 0.134 e. The van der Waals surface area contributed by atoms with Gasteiger partial charge in [0.2, 0.25) is 0 Å². The van der Waals surface area contributed by atoms with Gasteiger partial charge in [-0.15, -0.1) is 0 Å². The molecular formula is C18H20N2O2. The zero-order valence-electron chi connectivity index (χ0n) is 12.9. The summed E-state index contributed by atoms with van der Waals surface area (Å²) in [6.07, 6.45) is 11.3. The van der Waals surface area contributed by atoms with Crippen molar-refractivity contribution in [1.82, 2.24) is 9.97 Å². The molecular weight excluding hydrogens is 276 g/mol. The van der Waals surface area contributed by atoms with Crippen molar-refractivity contribution in [3.8, 4) is 5.75 Å². The largest absolute Gasteiger partial charge is 0.497 e. The average molecular weight is 296 g/mol. The Morgan fingerprint density at radius 2 is 2.09 bits per heavy atom. The van der Waals surface area contributed by atoms with E-state index in [1.807, 2.05) is 30.4 Å². The van der Waals surface area contributed by atoms with Crippen LogP contribution in [0.15, 0.2) is 48.3 Å². The molecule has 114 valence electrons. The van der Waals surface area contributed by atoms with Crippen LogP contribution in [0.25, 0.3) is 16.6 Å². The maximum atomic E-state index is 5.30. The number of H-pyrrole nitrogens is 1. The Hall–Kier alpha value is -2.49. The lowest BCUT2D eigenvalue weighted by Crippen LogP contribution is -1.87. The summed E-state index contributed by atoms with van der Waals surface area (Å²) in [4.78, 5) is 8.08. The number of hydrogen-bond donors (Lipinski definition) is 1. The summed E-state index contributed by atoms with van der Waals surface area (Å²) in [7, 11) is 3.37. The molecule has 0 radical (unpaired) electrons. The minimum atomic E-state index is 0.833. The molecule has 2 aromatic rings. The van der Waals surface area contributed by atoms with Gasteiger partial charge in [-0.25, -0.2) is 4.98 Å². The molecule has 4 heteroatoms. The number of ether oxygens (including phenoxy) is 2. The summed E-state index contributed by atoms with van der Waals surface area (Å²) in [6.45, 7) is 0. The van der Waals surface area contributed by atoms with Gasteiger partial charge in [0.25, 0.3) is 0 Å². The van der Waals surface area contributed by atoms with E-state index in [4.69, 9.17) is 14.5 Å². The molecule has 1 aliphatic carbocycles. The monoisotopic (exact) mass is 296 g/mol. The standard InChI is InChI=1S/C18H20N2O2/c1-21-14-8-4-3-6-13(7-5-9-14)18-19-16-11-10-15(22-2)12-17(16)20-18/h5,7-12H,3-4,6H2,1-2H3,(H,19,20)/b9-5-,13-7?,14-8?. The van der Waals surface area contributed by atoms with Gasteiger partial charge >= 0.3 is 0 Å². The highest BCUT2D eigenvalue weighted by Crippen LogP contribution is 2.25. The average Bonchev–Trinajstić information content (AvgIpc) is 3.01. The minimum Gasteiger partial charge on any atom is -0.497 e. The van der Waals surface area contributed by atoms with Crippen molar-refractivity contribution in [1.29, 1.82) is 0 Å². The second kappa shape index (κ2) is 6.52. The first-order valence-electron chi connectivity index (χ1n) is 7.45. The quantitative estimate of drug-likeness (QED) is 0.922. The summed E-state index contributed by atoms with van der Waals surface area (Å²) in [5.41, 5.74) is 3.16. The fourth-order valence-electron chi connectivity index (χ4n) is 2.56. The molecule has 1 aliphatic rings. The van der Waals surface area contributed by atoms with Crippen molar-refractivity contribution in [3.05, 3.63) is 54.1 Å². The summed E-state index contributed by atoms with van der Waals surface area (Å²) >= 11 is 0. The number of methoxy groups -OCH3 is 2. The van der Waals surface area contributed by atoms with Crippen LogP contribution in [0.4, 0.5) is 0 Å². The Morgan fingerprint density at radius 3 is 2.91 bits per heavy atom. The highest BCUT2D eigenvalue weighted by Gasteiger charge is 2.09. The fraction of sp³-hybridized carbons (Fsp3) is 0.278. The number of aromatic nitrogens is 2. The minimum absolute atomic E-state index is 0.833. The third-order valence-corrected chi connectivity index (χ3v) is 3.78. The molecule has 0 spiro atoms. The van der Waals surface area contributed by atoms with E-state index in [9.17, 15) is 0 Å². The molecule has 22 heavy (non-hydrogen) atoms. The van der Waals surface area contributed by atoms with Crippen LogP contribution >= 0.6 is 0 Å². The first kappa shape index (κ1) is 14.4. The number of nitrogens with one attached hydrogen (secondary N) is 1. The number of hydrogen-bond acceptors (Lipinski definition) is 3. The van der Waals surface area contributed by atoms with Crippen LogP contribution in [0.3, 0.4) is 0 Å². The molecule has 1 aromatic carbocycles. The number of aromatic amines is 1. The van der Waals surface area contributed by atoms with E-state index in [1.165, 1.54) is 5.57 Å². The molecule has 0 amide bonds. The van der Waals surface area contributed by atoms with Gasteiger partial charge in [-0.3, -0.25) is 0 Å². The molecule has 0 saturated heterocycles. The number of nitrogens with zero attached hydrogens (tertiary/aromatic N) is 1. The number of fused-ring (bicyclic) bond motifs is 1. The molecule has 1 heterocycles. The van der Waals surface area contributed by atoms with Crippen LogP contribution in [-0.4, -0.2) is 24.2 Å². The van der Waals surface area contributed by atoms with Crippen molar-refractivity contribution < 1.29 is 9.47 Å². The second-order valence-electron chi connectivity index (χ2n) is 5.22. The molecule has 0 atom stereocenters. The normalized spacial score (nSPS) is 17.0. The highest BCUT2D eigenvalue weighted by molar-refractivity contribution is 5.80. The predicted octanol–water partition coefficient (Wildman–Crippen LogP) is 4.23. The lowest BCUT2D eigenvalue weighted by molar-refractivity contribution is 0.305. The molecule has 4 nitrogen and oxygen atoms in total. The first-order chi connectivity index (χ1) is 10.8. The Bertz CT molecular complexity index is 754.